The van der Waals surface area contributed by atoms with Crippen molar-refractivity contribution in [2.24, 2.45) is 11.3 Å². The van der Waals surface area contributed by atoms with E-state index in [4.69, 9.17) is 19.2 Å². The summed E-state index contributed by atoms with van der Waals surface area (Å²) in [5, 5.41) is 3.97. The van der Waals surface area contributed by atoms with Gasteiger partial charge in [0, 0.05) is 55.2 Å². The summed E-state index contributed by atoms with van der Waals surface area (Å²) >= 11 is 0. The third-order valence-corrected chi connectivity index (χ3v) is 7.79. The van der Waals surface area contributed by atoms with Gasteiger partial charge in [0.25, 0.3) is 0 Å². The van der Waals surface area contributed by atoms with Crippen molar-refractivity contribution >= 4 is 22.7 Å². The van der Waals surface area contributed by atoms with Crippen LogP contribution >= 0.6 is 0 Å². The Balaban J connectivity index is 1.34. The van der Waals surface area contributed by atoms with Gasteiger partial charge in [-0.05, 0) is 30.4 Å². The Hall–Kier alpha value is -3.65. The van der Waals surface area contributed by atoms with Crippen molar-refractivity contribution < 1.29 is 23.8 Å². The van der Waals surface area contributed by atoms with Crippen molar-refractivity contribution in [1.82, 2.24) is 15.2 Å². The zero-order chi connectivity index (χ0) is 28.3. The molecule has 8 heteroatoms. The molecule has 1 N–H and O–H groups in total. The van der Waals surface area contributed by atoms with Crippen molar-refractivity contribution in [2.75, 3.05) is 33.4 Å². The molecule has 40 heavy (non-hydrogen) atoms. The molecular formula is C32H39N3O5. The lowest BCUT2D eigenvalue weighted by Gasteiger charge is -2.35. The van der Waals surface area contributed by atoms with Gasteiger partial charge >= 0.3 is 0 Å². The molecule has 2 saturated heterocycles. The predicted molar refractivity (Wildman–Crippen MR) is 154 cm³/mol. The number of carbonyl (C=O) groups is 2. The first-order valence-electron chi connectivity index (χ1n) is 14.1. The number of amides is 2. The number of hydrogen-bond acceptors (Lipinski definition) is 6. The highest BCUT2D eigenvalue weighted by atomic mass is 16.5. The first kappa shape index (κ1) is 27.9. The molecule has 2 aliphatic heterocycles. The number of rotatable bonds is 7. The third kappa shape index (κ3) is 6.22. The number of benzene rings is 2. The van der Waals surface area contributed by atoms with Crippen LogP contribution in [0.2, 0.25) is 0 Å². The maximum atomic E-state index is 13.7. The molecule has 0 spiro atoms. The van der Waals surface area contributed by atoms with Gasteiger partial charge in [0.15, 0.2) is 0 Å². The number of fused-ring (bicyclic) bond motifs is 1. The average molecular weight is 546 g/mol. The Kier molecular flexibility index (Phi) is 8.26. The molecule has 212 valence electrons. The lowest BCUT2D eigenvalue weighted by Crippen LogP contribution is -2.55. The van der Waals surface area contributed by atoms with Crippen LogP contribution in [0.15, 0.2) is 54.6 Å². The van der Waals surface area contributed by atoms with E-state index in [0.29, 0.717) is 45.6 Å². The van der Waals surface area contributed by atoms with Crippen molar-refractivity contribution in [1.29, 1.82) is 0 Å². The minimum absolute atomic E-state index is 0.0595. The number of carbonyl (C=O) groups excluding carboxylic acids is 2. The zero-order valence-electron chi connectivity index (χ0n) is 23.8. The second-order valence-corrected chi connectivity index (χ2v) is 11.8. The summed E-state index contributed by atoms with van der Waals surface area (Å²) in [6.07, 6.45) is 1.91. The van der Waals surface area contributed by atoms with Gasteiger partial charge in [-0.1, -0.05) is 51.1 Å². The molecule has 2 aliphatic rings. The lowest BCUT2D eigenvalue weighted by atomic mass is 9.85. The minimum atomic E-state index is -0.611. The Morgan fingerprint density at radius 1 is 1.05 bits per heavy atom. The van der Waals surface area contributed by atoms with Crippen LogP contribution in [-0.2, 0) is 14.3 Å². The Morgan fingerprint density at radius 3 is 2.50 bits per heavy atom. The van der Waals surface area contributed by atoms with E-state index >= 15 is 0 Å². The molecule has 8 nitrogen and oxygen atoms in total. The van der Waals surface area contributed by atoms with Crippen LogP contribution in [0.25, 0.3) is 22.2 Å². The Labute approximate surface area is 236 Å². The van der Waals surface area contributed by atoms with Crippen LogP contribution in [-0.4, -0.2) is 67.3 Å². The monoisotopic (exact) mass is 545 g/mol. The third-order valence-electron chi connectivity index (χ3n) is 7.79. The maximum Gasteiger partial charge on any atom is 0.245 e. The first-order valence-corrected chi connectivity index (χ1v) is 14.1. The van der Waals surface area contributed by atoms with Gasteiger partial charge in [0.2, 0.25) is 11.8 Å². The molecule has 0 saturated carbocycles. The van der Waals surface area contributed by atoms with E-state index in [-0.39, 0.29) is 23.8 Å². The van der Waals surface area contributed by atoms with E-state index in [0.717, 1.165) is 33.7 Å². The average Bonchev–Trinajstić information content (AvgIpc) is 3.44. The number of ether oxygens (including phenoxy) is 3. The van der Waals surface area contributed by atoms with Gasteiger partial charge < -0.3 is 24.4 Å². The van der Waals surface area contributed by atoms with Crippen LogP contribution in [0.4, 0.5) is 0 Å². The number of aromatic nitrogens is 1. The molecule has 1 aromatic heterocycles. The highest BCUT2D eigenvalue weighted by molar-refractivity contribution is 5.90. The molecule has 2 amide bonds. The number of hydrogen-bond donors (Lipinski definition) is 1. The van der Waals surface area contributed by atoms with Crippen LogP contribution in [0.5, 0.6) is 11.5 Å². The molecule has 0 radical (unpaired) electrons. The van der Waals surface area contributed by atoms with E-state index < -0.39 is 11.5 Å². The number of methoxy groups -OCH3 is 1. The standard InChI is InChI=1S/C32H39N3O5/c1-32(2,3)29(34-30(36)22-13-16-39-17-14-22)31(37)35-15-12-24(20-35)40-28-19-26(21-8-6-5-7-9-21)33-27-18-23(38-4)10-11-25(27)28/h5-11,18-19,22,24,29H,12-17,20H2,1-4H3,(H,34,36). The summed E-state index contributed by atoms with van der Waals surface area (Å²) < 4.78 is 17.4. The fourth-order valence-corrected chi connectivity index (χ4v) is 5.41. The van der Waals surface area contributed by atoms with E-state index in [9.17, 15) is 9.59 Å². The van der Waals surface area contributed by atoms with Gasteiger partial charge in [-0.3, -0.25) is 9.59 Å². The van der Waals surface area contributed by atoms with Crippen LogP contribution < -0.4 is 14.8 Å². The fourth-order valence-electron chi connectivity index (χ4n) is 5.41. The SMILES string of the molecule is COc1ccc2c(OC3CCN(C(=O)C(NC(=O)C4CCOCC4)C(C)(C)C)C3)cc(-c3ccccc3)nc2c1. The van der Waals surface area contributed by atoms with Gasteiger partial charge in [0.1, 0.15) is 23.6 Å². The summed E-state index contributed by atoms with van der Waals surface area (Å²) in [7, 11) is 1.64. The molecular weight excluding hydrogens is 506 g/mol. The second-order valence-electron chi connectivity index (χ2n) is 11.8. The minimum Gasteiger partial charge on any atom is -0.497 e. The molecule has 2 aromatic carbocycles. The summed E-state index contributed by atoms with van der Waals surface area (Å²) in [6, 6.07) is 17.1. The molecule has 0 bridgehead atoms. The van der Waals surface area contributed by atoms with Gasteiger partial charge in [-0.25, -0.2) is 4.98 Å². The Morgan fingerprint density at radius 2 is 1.80 bits per heavy atom. The van der Waals surface area contributed by atoms with E-state index in [1.165, 1.54) is 0 Å². The topological polar surface area (TPSA) is 90.0 Å². The quantitative estimate of drug-likeness (QED) is 0.457. The van der Waals surface area contributed by atoms with Crippen LogP contribution in [0.3, 0.4) is 0 Å². The predicted octanol–water partition coefficient (Wildman–Crippen LogP) is 4.85. The van der Waals surface area contributed by atoms with Gasteiger partial charge in [0.05, 0.1) is 24.9 Å². The summed E-state index contributed by atoms with van der Waals surface area (Å²) in [5.41, 5.74) is 2.16. The lowest BCUT2D eigenvalue weighted by molar-refractivity contribution is -0.140. The van der Waals surface area contributed by atoms with Crippen molar-refractivity contribution in [3.05, 3.63) is 54.6 Å². The van der Waals surface area contributed by atoms with Crippen LogP contribution in [0.1, 0.15) is 40.0 Å². The highest BCUT2D eigenvalue weighted by Crippen LogP contribution is 2.34. The van der Waals surface area contributed by atoms with Crippen LogP contribution in [0, 0.1) is 11.3 Å². The van der Waals surface area contributed by atoms with Crippen molar-refractivity contribution in [3.8, 4) is 22.8 Å². The fraction of sp³-hybridized carbons (Fsp3) is 0.469. The van der Waals surface area contributed by atoms with Gasteiger partial charge in [-0.15, -0.1) is 0 Å². The number of pyridine rings is 1. The van der Waals surface area contributed by atoms with E-state index in [1.807, 2.05) is 80.3 Å². The molecule has 2 unspecified atom stereocenters. The van der Waals surface area contributed by atoms with Crippen molar-refractivity contribution in [3.63, 3.8) is 0 Å². The number of nitrogens with zero attached hydrogens (tertiary/aromatic N) is 2. The smallest absolute Gasteiger partial charge is 0.245 e. The summed E-state index contributed by atoms with van der Waals surface area (Å²) in [4.78, 5) is 33.5. The second kappa shape index (κ2) is 11.8. The molecule has 0 aliphatic carbocycles. The number of likely N-dealkylation sites (tertiary alicyclic amines) is 1. The normalized spacial score (nSPS) is 18.9. The van der Waals surface area contributed by atoms with E-state index in [2.05, 4.69) is 5.32 Å². The molecule has 3 heterocycles. The summed E-state index contributed by atoms with van der Waals surface area (Å²) in [5.74, 6) is 1.22. The molecule has 2 atom stereocenters. The maximum absolute atomic E-state index is 13.7. The molecule has 3 aromatic rings. The largest absolute Gasteiger partial charge is 0.497 e. The zero-order valence-corrected chi connectivity index (χ0v) is 23.8. The highest BCUT2D eigenvalue weighted by Gasteiger charge is 2.40. The van der Waals surface area contributed by atoms with Gasteiger partial charge in [-0.2, -0.15) is 0 Å². The van der Waals surface area contributed by atoms with E-state index in [1.54, 1.807) is 7.11 Å². The van der Waals surface area contributed by atoms with Crippen molar-refractivity contribution in [2.45, 2.75) is 52.2 Å². The number of nitrogens with one attached hydrogen (secondary N) is 1. The summed E-state index contributed by atoms with van der Waals surface area (Å²) in [6.45, 7) is 8.18. The molecule has 2 fully saturated rings. The Bertz CT molecular complexity index is 1350. The first-order chi connectivity index (χ1) is 19.2. The molecule has 5 rings (SSSR count).